The zero-order chi connectivity index (χ0) is 18.2. The van der Waals surface area contributed by atoms with E-state index in [0.717, 1.165) is 17.7 Å². The maximum atomic E-state index is 12.8. The number of carbonyl (C=O) groups is 1. The third-order valence-electron chi connectivity index (χ3n) is 4.20. The van der Waals surface area contributed by atoms with Crippen molar-refractivity contribution >= 4 is 11.7 Å². The molecule has 4 nitrogen and oxygen atoms in total. The normalized spacial score (nSPS) is 10.3. The van der Waals surface area contributed by atoms with Crippen LogP contribution in [0.15, 0.2) is 79.1 Å². The molecule has 2 aromatic carbocycles. The predicted molar refractivity (Wildman–Crippen MR) is 105 cm³/mol. The molecule has 1 N–H and O–H groups in total. The van der Waals surface area contributed by atoms with E-state index in [-0.39, 0.29) is 6.03 Å². The summed E-state index contributed by atoms with van der Waals surface area (Å²) in [6.07, 6.45) is 4.35. The monoisotopic (exact) mass is 345 g/mol. The van der Waals surface area contributed by atoms with Crippen molar-refractivity contribution in [3.05, 3.63) is 95.8 Å². The first kappa shape index (κ1) is 17.7. The predicted octanol–water partition coefficient (Wildman–Crippen LogP) is 4.67. The molecule has 0 unspecified atom stereocenters. The van der Waals surface area contributed by atoms with Crippen LogP contribution in [0.5, 0.6) is 0 Å². The molecule has 0 aliphatic carbocycles. The number of hydrogen-bond donors (Lipinski definition) is 1. The number of nitrogens with one attached hydrogen (secondary N) is 1. The number of carbonyl (C=O) groups excluding carboxylic acids is 1. The Balaban J connectivity index is 1.70. The third-order valence-corrected chi connectivity index (χ3v) is 4.20. The largest absolute Gasteiger partial charge is 0.322 e. The number of pyridine rings is 1. The Morgan fingerprint density at radius 1 is 0.962 bits per heavy atom. The first-order chi connectivity index (χ1) is 12.7. The quantitative estimate of drug-likeness (QED) is 0.706. The van der Waals surface area contributed by atoms with Crippen LogP contribution < -0.4 is 5.32 Å². The standard InChI is InChI=1S/C22H23N3O/c1-18-9-11-21(12-10-18)24-22(26)25(17-20-8-5-14-23-16-20)15-13-19-6-3-2-4-7-19/h2-12,14,16H,13,15,17H2,1H3,(H,24,26). The summed E-state index contributed by atoms with van der Waals surface area (Å²) >= 11 is 0. The van der Waals surface area contributed by atoms with Gasteiger partial charge in [-0.25, -0.2) is 4.79 Å². The highest BCUT2D eigenvalue weighted by Crippen LogP contribution is 2.12. The van der Waals surface area contributed by atoms with Crippen molar-refractivity contribution in [1.82, 2.24) is 9.88 Å². The van der Waals surface area contributed by atoms with E-state index in [1.807, 2.05) is 66.4 Å². The number of amides is 2. The zero-order valence-corrected chi connectivity index (χ0v) is 14.9. The van der Waals surface area contributed by atoms with Crippen molar-refractivity contribution in [2.24, 2.45) is 0 Å². The summed E-state index contributed by atoms with van der Waals surface area (Å²) in [5.41, 5.74) is 4.20. The molecule has 26 heavy (non-hydrogen) atoms. The van der Waals surface area contributed by atoms with Gasteiger partial charge in [-0.1, -0.05) is 54.1 Å². The molecule has 0 fully saturated rings. The summed E-state index contributed by atoms with van der Waals surface area (Å²) in [7, 11) is 0. The van der Waals surface area contributed by atoms with Crippen LogP contribution in [0.3, 0.4) is 0 Å². The van der Waals surface area contributed by atoms with Gasteiger partial charge >= 0.3 is 6.03 Å². The van der Waals surface area contributed by atoms with Crippen molar-refractivity contribution in [2.75, 3.05) is 11.9 Å². The van der Waals surface area contributed by atoms with Crippen LogP contribution in [0.25, 0.3) is 0 Å². The molecule has 2 amide bonds. The molecule has 3 rings (SSSR count). The van der Waals surface area contributed by atoms with Crippen molar-refractivity contribution in [2.45, 2.75) is 19.9 Å². The second kappa shape index (κ2) is 8.81. The minimum atomic E-state index is -0.103. The molecule has 0 saturated carbocycles. The van der Waals surface area contributed by atoms with Gasteiger partial charge in [0.2, 0.25) is 0 Å². The van der Waals surface area contributed by atoms with Gasteiger partial charge in [0.25, 0.3) is 0 Å². The maximum absolute atomic E-state index is 12.8. The number of aromatic nitrogens is 1. The molecule has 0 bridgehead atoms. The summed E-state index contributed by atoms with van der Waals surface area (Å²) in [4.78, 5) is 18.8. The van der Waals surface area contributed by atoms with E-state index in [4.69, 9.17) is 0 Å². The molecular formula is C22H23N3O. The van der Waals surface area contributed by atoms with Crippen LogP contribution in [0, 0.1) is 6.92 Å². The van der Waals surface area contributed by atoms with Crippen LogP contribution in [-0.2, 0) is 13.0 Å². The smallest absolute Gasteiger partial charge is 0.320 e. The number of anilines is 1. The molecule has 0 radical (unpaired) electrons. The van der Waals surface area contributed by atoms with Gasteiger partial charge < -0.3 is 10.2 Å². The Morgan fingerprint density at radius 3 is 2.38 bits per heavy atom. The van der Waals surface area contributed by atoms with Gasteiger partial charge in [0, 0.05) is 31.2 Å². The van der Waals surface area contributed by atoms with E-state index in [0.29, 0.717) is 13.1 Å². The molecule has 3 aromatic rings. The SMILES string of the molecule is Cc1ccc(NC(=O)N(CCc2ccccc2)Cc2cccnc2)cc1. The number of aryl methyl sites for hydroxylation is 1. The summed E-state index contributed by atoms with van der Waals surface area (Å²) in [6.45, 7) is 3.19. The van der Waals surface area contributed by atoms with Crippen LogP contribution in [0.2, 0.25) is 0 Å². The lowest BCUT2D eigenvalue weighted by atomic mass is 10.1. The number of rotatable bonds is 6. The number of benzene rings is 2. The lowest BCUT2D eigenvalue weighted by Crippen LogP contribution is -2.36. The molecule has 1 heterocycles. The highest BCUT2D eigenvalue weighted by Gasteiger charge is 2.14. The van der Waals surface area contributed by atoms with Gasteiger partial charge in [-0.15, -0.1) is 0 Å². The average molecular weight is 345 g/mol. The molecule has 0 spiro atoms. The van der Waals surface area contributed by atoms with E-state index >= 15 is 0 Å². The molecular weight excluding hydrogens is 322 g/mol. The third kappa shape index (κ3) is 5.18. The summed E-state index contributed by atoms with van der Waals surface area (Å²) in [5, 5.41) is 2.99. The van der Waals surface area contributed by atoms with Gasteiger partial charge in [-0.2, -0.15) is 0 Å². The van der Waals surface area contributed by atoms with Crippen molar-refractivity contribution in [1.29, 1.82) is 0 Å². The van der Waals surface area contributed by atoms with Gasteiger partial charge in [-0.05, 0) is 42.7 Å². The number of urea groups is 1. The Bertz CT molecular complexity index is 817. The highest BCUT2D eigenvalue weighted by molar-refractivity contribution is 5.89. The van der Waals surface area contributed by atoms with Crippen molar-refractivity contribution < 1.29 is 4.79 Å². The second-order valence-corrected chi connectivity index (χ2v) is 6.31. The minimum Gasteiger partial charge on any atom is -0.320 e. The Hall–Kier alpha value is -3.14. The Morgan fingerprint density at radius 2 is 1.69 bits per heavy atom. The fraction of sp³-hybridized carbons (Fsp3) is 0.182. The minimum absolute atomic E-state index is 0.103. The number of nitrogens with zero attached hydrogens (tertiary/aromatic N) is 2. The van der Waals surface area contributed by atoms with Gasteiger partial charge in [-0.3, -0.25) is 4.98 Å². The van der Waals surface area contributed by atoms with Crippen LogP contribution in [0.4, 0.5) is 10.5 Å². The van der Waals surface area contributed by atoms with Crippen LogP contribution >= 0.6 is 0 Å². The number of hydrogen-bond acceptors (Lipinski definition) is 2. The molecule has 132 valence electrons. The van der Waals surface area contributed by atoms with Crippen LogP contribution in [0.1, 0.15) is 16.7 Å². The molecule has 0 aliphatic rings. The van der Waals surface area contributed by atoms with Crippen molar-refractivity contribution in [3.63, 3.8) is 0 Å². The van der Waals surface area contributed by atoms with Gasteiger partial charge in [0.05, 0.1) is 0 Å². The van der Waals surface area contributed by atoms with Gasteiger partial charge in [0.15, 0.2) is 0 Å². The topological polar surface area (TPSA) is 45.2 Å². The Kier molecular flexibility index (Phi) is 5.99. The summed E-state index contributed by atoms with van der Waals surface area (Å²) < 4.78 is 0. The first-order valence-electron chi connectivity index (χ1n) is 8.76. The summed E-state index contributed by atoms with van der Waals surface area (Å²) in [6, 6.07) is 21.8. The fourth-order valence-corrected chi connectivity index (χ4v) is 2.71. The molecule has 0 saturated heterocycles. The molecule has 1 aromatic heterocycles. The van der Waals surface area contributed by atoms with Gasteiger partial charge in [0.1, 0.15) is 0 Å². The summed E-state index contributed by atoms with van der Waals surface area (Å²) in [5.74, 6) is 0. The van der Waals surface area contributed by atoms with E-state index in [1.54, 1.807) is 12.4 Å². The van der Waals surface area contributed by atoms with E-state index in [1.165, 1.54) is 11.1 Å². The maximum Gasteiger partial charge on any atom is 0.322 e. The van der Waals surface area contributed by atoms with E-state index < -0.39 is 0 Å². The fourth-order valence-electron chi connectivity index (χ4n) is 2.71. The second-order valence-electron chi connectivity index (χ2n) is 6.31. The zero-order valence-electron chi connectivity index (χ0n) is 14.9. The lowest BCUT2D eigenvalue weighted by molar-refractivity contribution is 0.209. The Labute approximate surface area is 154 Å². The van der Waals surface area contributed by atoms with Crippen molar-refractivity contribution in [3.8, 4) is 0 Å². The van der Waals surface area contributed by atoms with E-state index in [9.17, 15) is 4.79 Å². The average Bonchev–Trinajstić information content (AvgIpc) is 2.68. The van der Waals surface area contributed by atoms with E-state index in [2.05, 4.69) is 22.4 Å². The lowest BCUT2D eigenvalue weighted by Gasteiger charge is -2.23. The highest BCUT2D eigenvalue weighted by atomic mass is 16.2. The molecule has 0 aliphatic heterocycles. The molecule has 4 heteroatoms. The first-order valence-corrected chi connectivity index (χ1v) is 8.76. The van der Waals surface area contributed by atoms with Crippen LogP contribution in [-0.4, -0.2) is 22.5 Å². The molecule has 0 atom stereocenters.